The molecule has 0 fully saturated rings. The van der Waals surface area contributed by atoms with Gasteiger partial charge in [0.25, 0.3) is 0 Å². The van der Waals surface area contributed by atoms with Crippen LogP contribution in [-0.4, -0.2) is 55.3 Å². The van der Waals surface area contributed by atoms with Gasteiger partial charge in [0.1, 0.15) is 6.10 Å². The third kappa shape index (κ3) is 15.0. The number of unbranched alkanes of at least 4 members (excludes halogenated alkanes) is 1. The first kappa shape index (κ1) is 45.0. The number of ether oxygens (including phenoxy) is 1. The van der Waals surface area contributed by atoms with Gasteiger partial charge in [0.2, 0.25) is 0 Å². The van der Waals surface area contributed by atoms with Gasteiger partial charge in [-0.25, -0.2) is 0 Å². The first-order chi connectivity index (χ1) is 19.9. The van der Waals surface area contributed by atoms with Crippen molar-refractivity contribution in [3.63, 3.8) is 0 Å². The average molecular weight is 689 g/mol. The van der Waals surface area contributed by atoms with Gasteiger partial charge in [-0.1, -0.05) is 89.0 Å². The van der Waals surface area contributed by atoms with E-state index in [9.17, 15) is 4.79 Å². The third-order valence-corrected chi connectivity index (χ3v) is 24.4. The fourth-order valence-corrected chi connectivity index (χ4v) is 8.70. The lowest BCUT2D eigenvalue weighted by atomic mass is 9.95. The molecule has 0 N–H and O–H groups in total. The Hall–Kier alpha value is 0.000649. The molecule has 0 rings (SSSR count). The van der Waals surface area contributed by atoms with E-state index in [0.717, 1.165) is 51.4 Å². The van der Waals surface area contributed by atoms with Crippen molar-refractivity contribution in [1.82, 2.24) is 0 Å². The van der Waals surface area contributed by atoms with Crippen molar-refractivity contribution < 1.29 is 22.8 Å². The molecule has 0 spiro atoms. The maximum Gasteiger partial charge on any atom is 0.311 e. The van der Waals surface area contributed by atoms with Crippen LogP contribution in [0.3, 0.4) is 0 Å². The highest BCUT2D eigenvalue weighted by molar-refractivity contribution is 6.75. The number of carbonyl (C=O) groups excluding carboxylic acids is 1. The fraction of sp³-hybridized carbons (Fsp3) is 0.973. The Bertz CT molecular complexity index is 872. The molecular formula is C37H80O5Si3. The predicted octanol–water partition coefficient (Wildman–Crippen LogP) is 12.3. The van der Waals surface area contributed by atoms with E-state index in [2.05, 4.69) is 115 Å². The van der Waals surface area contributed by atoms with Gasteiger partial charge in [-0.2, -0.15) is 0 Å². The van der Waals surface area contributed by atoms with Crippen LogP contribution < -0.4 is 0 Å². The zero-order valence-corrected chi connectivity index (χ0v) is 37.0. The monoisotopic (exact) mass is 689 g/mol. The molecule has 0 aromatic heterocycles. The Morgan fingerprint density at radius 2 is 0.933 bits per heavy atom. The van der Waals surface area contributed by atoms with Crippen molar-refractivity contribution in [2.24, 2.45) is 5.41 Å². The van der Waals surface area contributed by atoms with Gasteiger partial charge < -0.3 is 18.0 Å². The minimum absolute atomic E-state index is 0.0505. The maximum atomic E-state index is 13.3. The first-order valence-electron chi connectivity index (χ1n) is 18.2. The summed E-state index contributed by atoms with van der Waals surface area (Å²) in [4.78, 5) is 13.3. The third-order valence-electron chi connectivity index (χ3n) is 10.8. The van der Waals surface area contributed by atoms with E-state index in [1.54, 1.807) is 0 Å². The largest absolute Gasteiger partial charge is 0.459 e. The highest BCUT2D eigenvalue weighted by atomic mass is 28.4. The smallest absolute Gasteiger partial charge is 0.311 e. The lowest BCUT2D eigenvalue weighted by molar-refractivity contribution is -0.165. The number of hydrogen-bond acceptors (Lipinski definition) is 5. The summed E-state index contributed by atoms with van der Waals surface area (Å²) in [6.45, 7) is 45.2. The van der Waals surface area contributed by atoms with E-state index in [4.69, 9.17) is 18.0 Å². The highest BCUT2D eigenvalue weighted by Crippen LogP contribution is 2.42. The van der Waals surface area contributed by atoms with Crippen LogP contribution in [0.5, 0.6) is 0 Å². The summed E-state index contributed by atoms with van der Waals surface area (Å²) in [5.41, 5.74) is -0.561. The molecule has 0 amide bonds. The van der Waals surface area contributed by atoms with Gasteiger partial charge in [-0.3, -0.25) is 4.79 Å². The number of esters is 1. The second-order valence-electron chi connectivity index (χ2n) is 19.4. The molecule has 0 saturated carbocycles. The molecule has 0 unspecified atom stereocenters. The van der Waals surface area contributed by atoms with E-state index in [0.29, 0.717) is 0 Å². The Morgan fingerprint density at radius 3 is 1.29 bits per heavy atom. The maximum absolute atomic E-state index is 13.3. The van der Waals surface area contributed by atoms with Gasteiger partial charge in [-0.15, -0.1) is 0 Å². The van der Waals surface area contributed by atoms with Crippen LogP contribution >= 0.6 is 0 Å². The summed E-state index contributed by atoms with van der Waals surface area (Å²) in [5.74, 6) is -0.146. The fourth-order valence-electron chi connectivity index (χ4n) is 4.52. The van der Waals surface area contributed by atoms with Crippen LogP contribution in [0.4, 0.5) is 0 Å². The van der Waals surface area contributed by atoms with Crippen molar-refractivity contribution in [3.05, 3.63) is 0 Å². The molecule has 0 aliphatic carbocycles. The van der Waals surface area contributed by atoms with E-state index < -0.39 is 30.4 Å². The molecule has 0 aromatic carbocycles. The van der Waals surface area contributed by atoms with Gasteiger partial charge in [0.05, 0.1) is 11.5 Å². The summed E-state index contributed by atoms with van der Waals surface area (Å²) in [6, 6.07) is 0. The van der Waals surface area contributed by atoms with Gasteiger partial charge in [0, 0.05) is 12.2 Å². The molecule has 0 bridgehead atoms. The van der Waals surface area contributed by atoms with E-state index in [1.165, 1.54) is 0 Å². The van der Waals surface area contributed by atoms with Crippen molar-refractivity contribution in [2.45, 2.75) is 227 Å². The van der Waals surface area contributed by atoms with Gasteiger partial charge >= 0.3 is 5.97 Å². The molecule has 0 saturated heterocycles. The van der Waals surface area contributed by atoms with Crippen molar-refractivity contribution >= 4 is 30.9 Å². The number of hydrogen-bond donors (Lipinski definition) is 0. The molecule has 0 heterocycles. The summed E-state index contributed by atoms with van der Waals surface area (Å²) < 4.78 is 27.9. The molecule has 45 heavy (non-hydrogen) atoms. The van der Waals surface area contributed by atoms with Crippen LogP contribution in [0.15, 0.2) is 0 Å². The minimum Gasteiger partial charge on any atom is -0.459 e. The van der Waals surface area contributed by atoms with Gasteiger partial charge in [0.15, 0.2) is 25.0 Å². The lowest BCUT2D eigenvalue weighted by Crippen LogP contribution is -2.49. The van der Waals surface area contributed by atoms with E-state index in [1.807, 2.05) is 20.8 Å². The van der Waals surface area contributed by atoms with Crippen LogP contribution in [0.2, 0.25) is 54.4 Å². The highest BCUT2D eigenvalue weighted by Gasteiger charge is 2.44. The number of carbonyl (C=O) groups is 1. The quantitative estimate of drug-likeness (QED) is 0.106. The van der Waals surface area contributed by atoms with Crippen molar-refractivity contribution in [3.8, 4) is 0 Å². The molecule has 0 aliphatic rings. The molecule has 8 heteroatoms. The van der Waals surface area contributed by atoms with Crippen LogP contribution in [0.25, 0.3) is 0 Å². The molecule has 5 nitrogen and oxygen atoms in total. The zero-order chi connectivity index (χ0) is 35.9. The standard InChI is InChI=1S/C37H80O5Si3/c1-21-23-25-31(39-33(38)34(3,4)5)32(42-45(19,20)37(12,13)14)27-26-30(41-44(17,18)36(9,10)11)28-29(24-22-2)40-43(15,16)35(6,7)8/h29-32H,21-28H2,1-20H3/t29-,30+,31-,32-/m1/s1. The molecule has 0 aliphatic heterocycles. The zero-order valence-electron chi connectivity index (χ0n) is 34.0. The Morgan fingerprint density at radius 1 is 0.533 bits per heavy atom. The topological polar surface area (TPSA) is 54.0 Å². The molecule has 4 atom stereocenters. The first-order valence-corrected chi connectivity index (χ1v) is 26.9. The van der Waals surface area contributed by atoms with Crippen molar-refractivity contribution in [1.29, 1.82) is 0 Å². The van der Waals surface area contributed by atoms with Crippen LogP contribution in [0, 0.1) is 5.41 Å². The summed E-state index contributed by atoms with van der Waals surface area (Å²) in [6.07, 6.45) is 7.34. The summed E-state index contributed by atoms with van der Waals surface area (Å²) in [7, 11) is -6.17. The van der Waals surface area contributed by atoms with E-state index >= 15 is 0 Å². The molecular weight excluding hydrogens is 609 g/mol. The summed E-state index contributed by atoms with van der Waals surface area (Å²) in [5, 5.41) is 0.309. The van der Waals surface area contributed by atoms with Crippen molar-refractivity contribution in [2.75, 3.05) is 0 Å². The van der Waals surface area contributed by atoms with Crippen LogP contribution in [0.1, 0.15) is 148 Å². The molecule has 270 valence electrons. The lowest BCUT2D eigenvalue weighted by Gasteiger charge is -2.44. The second kappa shape index (κ2) is 17.1. The minimum atomic E-state index is -2.16. The van der Waals surface area contributed by atoms with E-state index in [-0.39, 0.29) is 45.5 Å². The van der Waals surface area contributed by atoms with Gasteiger partial charge in [-0.05, 0) is 114 Å². The summed E-state index contributed by atoms with van der Waals surface area (Å²) >= 11 is 0. The van der Waals surface area contributed by atoms with Crippen LogP contribution in [-0.2, 0) is 22.8 Å². The number of rotatable bonds is 18. The Kier molecular flexibility index (Phi) is 17.1. The molecule has 0 aromatic rings. The SMILES string of the molecule is CCCC[C@@H](OC(=O)C(C)(C)C)[C@@H](CC[C@@H](C[C@@H](CCC)O[Si](C)(C)C(C)(C)C)O[Si](C)(C)C(C)(C)C)O[Si](C)(C)C(C)(C)C. The predicted molar refractivity (Wildman–Crippen MR) is 204 cm³/mol. The Labute approximate surface area is 285 Å². The average Bonchev–Trinajstić information content (AvgIpc) is 2.80. The normalized spacial score (nSPS) is 17.2. The second-order valence-corrected chi connectivity index (χ2v) is 33.6. The molecule has 0 radical (unpaired) electrons. The Balaban J connectivity index is 6.69.